The highest BCUT2D eigenvalue weighted by atomic mass is 19.3. The van der Waals surface area contributed by atoms with Gasteiger partial charge in [0.25, 0.3) is 0 Å². The fourth-order valence-electron chi connectivity index (χ4n) is 8.15. The highest BCUT2D eigenvalue weighted by Crippen LogP contribution is 2.45. The highest BCUT2D eigenvalue weighted by molar-refractivity contribution is 5.82. The van der Waals surface area contributed by atoms with E-state index in [4.69, 9.17) is 4.74 Å². The Labute approximate surface area is 224 Å². The Morgan fingerprint density at radius 3 is 2.53 bits per heavy atom. The van der Waals surface area contributed by atoms with Crippen molar-refractivity contribution in [3.05, 3.63) is 65.2 Å². The number of hydrogen-bond acceptors (Lipinski definition) is 2. The molecular formula is C31H41F2N3O2+2. The summed E-state index contributed by atoms with van der Waals surface area (Å²) in [5.41, 5.74) is 3.54. The average Bonchev–Trinajstić information content (AvgIpc) is 3.36. The molecule has 4 atom stereocenters. The van der Waals surface area contributed by atoms with Crippen molar-refractivity contribution < 1.29 is 28.9 Å². The molecule has 0 unspecified atom stereocenters. The summed E-state index contributed by atoms with van der Waals surface area (Å²) in [5.74, 6) is -1.05. The maximum Gasteiger partial charge on any atom is 0.248 e. The largest absolute Gasteiger partial charge is 0.496 e. The molecule has 1 spiro atoms. The van der Waals surface area contributed by atoms with Gasteiger partial charge < -0.3 is 20.3 Å². The number of quaternary nitrogens is 2. The van der Waals surface area contributed by atoms with Crippen LogP contribution in [0.15, 0.2) is 48.5 Å². The summed E-state index contributed by atoms with van der Waals surface area (Å²) in [5, 5.41) is 4.63. The molecule has 4 aliphatic rings. The zero-order chi connectivity index (χ0) is 26.3. The van der Waals surface area contributed by atoms with Crippen molar-refractivity contribution in [1.29, 1.82) is 0 Å². The molecule has 2 saturated heterocycles. The number of ether oxygens (including phenoxy) is 1. The molecule has 38 heavy (non-hydrogen) atoms. The number of piperidine rings is 1. The second-order valence-electron chi connectivity index (χ2n) is 12.0. The summed E-state index contributed by atoms with van der Waals surface area (Å²) in [4.78, 5) is 16.7. The van der Waals surface area contributed by atoms with Crippen LogP contribution < -0.4 is 15.4 Å². The van der Waals surface area contributed by atoms with E-state index < -0.39 is 5.92 Å². The Morgan fingerprint density at radius 2 is 1.76 bits per heavy atom. The number of alkyl halides is 2. The van der Waals surface area contributed by atoms with Crippen molar-refractivity contribution in [3.63, 3.8) is 0 Å². The molecule has 204 valence electrons. The number of rotatable bonds is 4. The van der Waals surface area contributed by atoms with Crippen LogP contribution in [-0.4, -0.2) is 56.1 Å². The van der Waals surface area contributed by atoms with Gasteiger partial charge in [0.1, 0.15) is 23.6 Å². The third-order valence-corrected chi connectivity index (χ3v) is 10.1. The average molecular weight is 526 g/mol. The van der Waals surface area contributed by atoms with E-state index in [1.807, 2.05) is 12.1 Å². The number of likely N-dealkylation sites (tertiary alicyclic amines) is 1. The van der Waals surface area contributed by atoms with E-state index in [1.165, 1.54) is 16.7 Å². The maximum atomic E-state index is 14.6. The lowest BCUT2D eigenvalue weighted by atomic mass is 9.67. The summed E-state index contributed by atoms with van der Waals surface area (Å²) >= 11 is 0. The van der Waals surface area contributed by atoms with Gasteiger partial charge in [-0.25, -0.2) is 8.78 Å². The third kappa shape index (κ3) is 4.51. The van der Waals surface area contributed by atoms with Crippen LogP contribution in [0, 0.1) is 11.8 Å². The summed E-state index contributed by atoms with van der Waals surface area (Å²) in [6.45, 7) is 4.12. The van der Waals surface area contributed by atoms with E-state index >= 15 is 0 Å². The highest BCUT2D eigenvalue weighted by Gasteiger charge is 2.57. The van der Waals surface area contributed by atoms with Gasteiger partial charge >= 0.3 is 0 Å². The molecule has 1 aliphatic carbocycles. The fourth-order valence-corrected chi connectivity index (χ4v) is 8.15. The number of amides is 1. The number of carbonyl (C=O) groups is 1. The number of halogens is 2. The van der Waals surface area contributed by atoms with E-state index in [0.29, 0.717) is 25.3 Å². The summed E-state index contributed by atoms with van der Waals surface area (Å²) in [6.07, 6.45) is 2.67. The van der Waals surface area contributed by atoms with Gasteiger partial charge in [0.2, 0.25) is 11.8 Å². The first-order chi connectivity index (χ1) is 18.4. The molecule has 7 heteroatoms. The minimum absolute atomic E-state index is 0.0209. The number of carbonyl (C=O) groups excluding carboxylic acids is 1. The molecule has 1 amide bonds. The smallest absolute Gasteiger partial charge is 0.248 e. The lowest BCUT2D eigenvalue weighted by molar-refractivity contribution is -0.691. The molecule has 3 aliphatic heterocycles. The van der Waals surface area contributed by atoms with Gasteiger partial charge in [-0.05, 0) is 54.7 Å². The van der Waals surface area contributed by atoms with Gasteiger partial charge in [0.05, 0.1) is 32.3 Å². The second-order valence-corrected chi connectivity index (χ2v) is 12.0. The van der Waals surface area contributed by atoms with Crippen LogP contribution in [-0.2, 0) is 16.8 Å². The Kier molecular flexibility index (Phi) is 6.93. The van der Waals surface area contributed by atoms with Crippen molar-refractivity contribution in [1.82, 2.24) is 4.90 Å². The second kappa shape index (κ2) is 10.2. The summed E-state index contributed by atoms with van der Waals surface area (Å²) < 4.78 is 34.0. The zero-order valence-corrected chi connectivity index (χ0v) is 22.4. The van der Waals surface area contributed by atoms with E-state index in [9.17, 15) is 13.6 Å². The van der Waals surface area contributed by atoms with Gasteiger partial charge in [0.15, 0.2) is 0 Å². The van der Waals surface area contributed by atoms with Gasteiger partial charge in [-0.3, -0.25) is 4.79 Å². The van der Waals surface area contributed by atoms with Crippen molar-refractivity contribution in [3.8, 4) is 5.75 Å². The van der Waals surface area contributed by atoms with E-state index in [1.54, 1.807) is 7.11 Å². The first-order valence-corrected chi connectivity index (χ1v) is 14.4. The van der Waals surface area contributed by atoms with Crippen molar-refractivity contribution in [2.45, 2.75) is 68.4 Å². The first-order valence-electron chi connectivity index (χ1n) is 14.4. The van der Waals surface area contributed by atoms with Crippen LogP contribution in [0.4, 0.5) is 8.78 Å². The SMILES string of the molecule is COc1cccc2c1C[NH2+]C[C@]21C[NH2+]C[C@H]1C(=O)N1CC[C@@H](c2ccccc2)C[C@H]1C1CCC(F)(F)CC1. The quantitative estimate of drug-likeness (QED) is 0.645. The molecule has 4 N–H and O–H groups in total. The molecule has 6 rings (SSSR count). The van der Waals surface area contributed by atoms with Gasteiger partial charge in [-0.15, -0.1) is 0 Å². The summed E-state index contributed by atoms with van der Waals surface area (Å²) in [6, 6.07) is 16.8. The Bertz CT molecular complexity index is 1150. The minimum Gasteiger partial charge on any atom is -0.496 e. The third-order valence-electron chi connectivity index (χ3n) is 10.1. The van der Waals surface area contributed by atoms with E-state index in [2.05, 4.69) is 51.9 Å². The van der Waals surface area contributed by atoms with Crippen molar-refractivity contribution in [2.75, 3.05) is 33.3 Å². The number of nitrogens with two attached hydrogens (primary N) is 2. The number of fused-ring (bicyclic) bond motifs is 2. The molecule has 2 aromatic rings. The van der Waals surface area contributed by atoms with Crippen LogP contribution in [0.5, 0.6) is 5.75 Å². The molecule has 0 bridgehead atoms. The van der Waals surface area contributed by atoms with Crippen molar-refractivity contribution in [2.24, 2.45) is 11.8 Å². The molecule has 3 heterocycles. The molecule has 5 nitrogen and oxygen atoms in total. The molecule has 0 aromatic heterocycles. The van der Waals surface area contributed by atoms with Crippen LogP contribution in [0.2, 0.25) is 0 Å². The number of methoxy groups -OCH3 is 1. The van der Waals surface area contributed by atoms with E-state index in [0.717, 1.165) is 44.8 Å². The number of hydrogen-bond donors (Lipinski definition) is 2. The van der Waals surface area contributed by atoms with Gasteiger partial charge in [-0.2, -0.15) is 0 Å². The lowest BCUT2D eigenvalue weighted by Gasteiger charge is -2.47. The lowest BCUT2D eigenvalue weighted by Crippen LogP contribution is -2.91. The first kappa shape index (κ1) is 25.8. The predicted octanol–water partition coefficient (Wildman–Crippen LogP) is 2.80. The fraction of sp³-hybridized carbons (Fsp3) is 0.581. The molecule has 0 radical (unpaired) electrons. The van der Waals surface area contributed by atoms with Crippen LogP contribution in [0.25, 0.3) is 0 Å². The zero-order valence-electron chi connectivity index (χ0n) is 22.4. The minimum atomic E-state index is -2.57. The standard InChI is InChI=1S/C31H39F2N3O2/c1-38-28-9-5-8-25-24(28)17-34-19-30(25)20-35-18-26(30)29(37)36-15-12-23(21-6-3-2-4-7-21)16-27(36)22-10-13-31(32,33)14-11-22/h2-9,22-23,26-27,34-35H,10-20H2,1H3/p+2/t23-,26+,27+,30+/m1/s1. The molecular weight excluding hydrogens is 484 g/mol. The maximum absolute atomic E-state index is 14.6. The molecule has 3 fully saturated rings. The topological polar surface area (TPSA) is 62.8 Å². The van der Waals surface area contributed by atoms with Crippen LogP contribution in [0.1, 0.15) is 61.1 Å². The Balaban J connectivity index is 1.31. The monoisotopic (exact) mass is 525 g/mol. The van der Waals surface area contributed by atoms with Crippen molar-refractivity contribution >= 4 is 5.91 Å². The Morgan fingerprint density at radius 1 is 1.00 bits per heavy atom. The van der Waals surface area contributed by atoms with Gasteiger partial charge in [-0.1, -0.05) is 42.5 Å². The van der Waals surface area contributed by atoms with Gasteiger partial charge in [0, 0.05) is 25.4 Å². The van der Waals surface area contributed by atoms with Crippen LogP contribution >= 0.6 is 0 Å². The van der Waals surface area contributed by atoms with E-state index in [-0.39, 0.29) is 42.0 Å². The normalized spacial score (nSPS) is 31.2. The molecule has 1 saturated carbocycles. The Hall–Kier alpha value is -2.51. The number of nitrogens with zero attached hydrogens (tertiary/aromatic N) is 1. The molecule has 2 aromatic carbocycles. The summed E-state index contributed by atoms with van der Waals surface area (Å²) in [7, 11) is 1.72. The number of benzene rings is 2. The van der Waals surface area contributed by atoms with Crippen LogP contribution in [0.3, 0.4) is 0 Å². The predicted molar refractivity (Wildman–Crippen MR) is 141 cm³/mol.